The molecule has 1 N–H and O–H groups in total. The van der Waals surface area contributed by atoms with Gasteiger partial charge >= 0.3 is 5.97 Å². The summed E-state index contributed by atoms with van der Waals surface area (Å²) in [6.45, 7) is 4.97. The molecule has 138 valence electrons. The number of ether oxygens (including phenoxy) is 1. The number of Topliss-reactive ketones (excluding diaryl/α,β-unsaturated/α-hetero) is 1. The van der Waals surface area contributed by atoms with Crippen LogP contribution in [0.25, 0.3) is 0 Å². The quantitative estimate of drug-likeness (QED) is 0.375. The van der Waals surface area contributed by atoms with Gasteiger partial charge in [-0.25, -0.2) is 4.79 Å². The highest BCUT2D eigenvalue weighted by Gasteiger charge is 2.47. The minimum Gasteiger partial charge on any atom is -0.462 e. The van der Waals surface area contributed by atoms with Gasteiger partial charge in [0.15, 0.2) is 5.78 Å². The van der Waals surface area contributed by atoms with Gasteiger partial charge in [-0.3, -0.25) is 19.3 Å². The Morgan fingerprint density at radius 2 is 1.73 bits per heavy atom. The van der Waals surface area contributed by atoms with Crippen LogP contribution in [0.3, 0.4) is 0 Å². The summed E-state index contributed by atoms with van der Waals surface area (Å²) in [5.41, 5.74) is 1.57. The predicted molar refractivity (Wildman–Crippen MR) is 92.6 cm³/mol. The number of nitrogens with one attached hydrogen (secondary N) is 1. The van der Waals surface area contributed by atoms with E-state index in [1.54, 1.807) is 20.8 Å². The molecule has 1 fully saturated rings. The Bertz CT molecular complexity index is 794. The molecule has 1 aliphatic carbocycles. The zero-order valence-electron chi connectivity index (χ0n) is 15.1. The number of esters is 1. The first-order valence-corrected chi connectivity index (χ1v) is 8.76. The topological polar surface area (TPSA) is 96.5 Å². The molecule has 2 atom stereocenters. The number of carbonyl (C=O) groups is 4. The molecule has 0 spiro atoms. The Morgan fingerprint density at radius 1 is 1.15 bits per heavy atom. The van der Waals surface area contributed by atoms with Crippen LogP contribution in [-0.4, -0.2) is 46.6 Å². The van der Waals surface area contributed by atoms with Gasteiger partial charge in [-0.1, -0.05) is 12.2 Å². The standard InChI is InChI=1S/C19H22N2O5/c1-4-26-19(25)15-10(2)16(20-11(15)3)14(22)9-21-17(23)12-7-5-6-8-13(12)18(21)24/h5-6,12-13,20H,4,7-9H2,1-3H3/t12-,13-/m0/s1. The van der Waals surface area contributed by atoms with E-state index in [2.05, 4.69) is 4.98 Å². The Labute approximate surface area is 151 Å². The largest absolute Gasteiger partial charge is 0.462 e. The van der Waals surface area contributed by atoms with Gasteiger partial charge in [0.25, 0.3) is 0 Å². The molecule has 2 heterocycles. The number of hydrogen-bond acceptors (Lipinski definition) is 5. The lowest BCUT2D eigenvalue weighted by Gasteiger charge is -2.14. The van der Waals surface area contributed by atoms with Crippen molar-refractivity contribution in [2.45, 2.75) is 33.6 Å². The van der Waals surface area contributed by atoms with Crippen molar-refractivity contribution >= 4 is 23.6 Å². The molecule has 3 rings (SSSR count). The highest BCUT2D eigenvalue weighted by atomic mass is 16.5. The van der Waals surface area contributed by atoms with Gasteiger partial charge in [0.1, 0.15) is 0 Å². The van der Waals surface area contributed by atoms with Crippen LogP contribution < -0.4 is 0 Å². The number of aromatic amines is 1. The molecule has 1 aromatic rings. The summed E-state index contributed by atoms with van der Waals surface area (Å²) in [6.07, 6.45) is 4.88. The number of allylic oxidation sites excluding steroid dienone is 2. The van der Waals surface area contributed by atoms with Crippen molar-refractivity contribution in [2.24, 2.45) is 11.8 Å². The second kappa shape index (κ2) is 6.90. The number of H-pyrrole nitrogens is 1. The van der Waals surface area contributed by atoms with E-state index in [0.29, 0.717) is 29.7 Å². The lowest BCUT2D eigenvalue weighted by molar-refractivity contribution is -0.139. The highest BCUT2D eigenvalue weighted by molar-refractivity contribution is 6.10. The summed E-state index contributed by atoms with van der Waals surface area (Å²) < 4.78 is 5.02. The Morgan fingerprint density at radius 3 is 2.27 bits per heavy atom. The molecule has 2 amide bonds. The van der Waals surface area contributed by atoms with Crippen molar-refractivity contribution in [1.29, 1.82) is 0 Å². The number of aryl methyl sites for hydroxylation is 1. The summed E-state index contributed by atoms with van der Waals surface area (Å²) >= 11 is 0. The molecule has 0 bridgehead atoms. The second-order valence-electron chi connectivity index (χ2n) is 6.69. The van der Waals surface area contributed by atoms with Crippen molar-refractivity contribution in [3.63, 3.8) is 0 Å². The number of ketones is 1. The number of rotatable bonds is 5. The number of aromatic nitrogens is 1. The van der Waals surface area contributed by atoms with Crippen molar-refractivity contribution in [3.05, 3.63) is 34.7 Å². The third-order valence-electron chi connectivity index (χ3n) is 5.10. The van der Waals surface area contributed by atoms with Gasteiger partial charge in [-0.15, -0.1) is 0 Å². The third-order valence-corrected chi connectivity index (χ3v) is 5.10. The van der Waals surface area contributed by atoms with E-state index in [1.807, 2.05) is 12.2 Å². The zero-order valence-corrected chi connectivity index (χ0v) is 15.1. The van der Waals surface area contributed by atoms with E-state index in [-0.39, 0.29) is 42.5 Å². The first kappa shape index (κ1) is 18.1. The first-order chi connectivity index (χ1) is 12.4. The van der Waals surface area contributed by atoms with Crippen molar-refractivity contribution in [1.82, 2.24) is 9.88 Å². The van der Waals surface area contributed by atoms with Gasteiger partial charge in [0, 0.05) is 5.69 Å². The van der Waals surface area contributed by atoms with Crippen LogP contribution in [0, 0.1) is 25.7 Å². The zero-order chi connectivity index (χ0) is 19.0. The minimum atomic E-state index is -0.497. The van der Waals surface area contributed by atoms with Crippen LogP contribution >= 0.6 is 0 Å². The molecule has 26 heavy (non-hydrogen) atoms. The summed E-state index contributed by atoms with van der Waals surface area (Å²) in [4.78, 5) is 53.8. The fourth-order valence-corrected chi connectivity index (χ4v) is 3.79. The lowest BCUT2D eigenvalue weighted by Crippen LogP contribution is -2.36. The summed E-state index contributed by atoms with van der Waals surface area (Å²) in [7, 11) is 0. The SMILES string of the molecule is CCOC(=O)c1c(C)[nH]c(C(=O)CN2C(=O)[C@H]3CC=CC[C@@H]3C2=O)c1C. The van der Waals surface area contributed by atoms with Crippen LogP contribution in [0.1, 0.15) is 51.9 Å². The number of nitrogens with zero attached hydrogens (tertiary/aromatic N) is 1. The van der Waals surface area contributed by atoms with Gasteiger partial charge in [-0.05, 0) is 39.2 Å². The van der Waals surface area contributed by atoms with Gasteiger partial charge in [-0.2, -0.15) is 0 Å². The van der Waals surface area contributed by atoms with Gasteiger partial charge < -0.3 is 9.72 Å². The maximum atomic E-state index is 12.7. The summed E-state index contributed by atoms with van der Waals surface area (Å²) in [6, 6.07) is 0. The lowest BCUT2D eigenvalue weighted by atomic mass is 9.85. The Hall–Kier alpha value is -2.70. The normalized spacial score (nSPS) is 21.9. The van der Waals surface area contributed by atoms with E-state index in [4.69, 9.17) is 4.74 Å². The number of hydrogen-bond donors (Lipinski definition) is 1. The number of amides is 2. The van der Waals surface area contributed by atoms with Crippen LogP contribution in [0.15, 0.2) is 12.2 Å². The highest BCUT2D eigenvalue weighted by Crippen LogP contribution is 2.35. The number of imide groups is 1. The average molecular weight is 358 g/mol. The van der Waals surface area contributed by atoms with Crippen LogP contribution in [0.5, 0.6) is 0 Å². The molecule has 7 nitrogen and oxygen atoms in total. The molecule has 0 saturated carbocycles. The summed E-state index contributed by atoms with van der Waals surface area (Å²) in [5.74, 6) is -2.19. The summed E-state index contributed by atoms with van der Waals surface area (Å²) in [5, 5.41) is 0. The van der Waals surface area contributed by atoms with Gasteiger partial charge in [0.2, 0.25) is 11.8 Å². The molecular formula is C19H22N2O5. The monoisotopic (exact) mass is 358 g/mol. The third kappa shape index (κ3) is 2.87. The number of likely N-dealkylation sites (tertiary alicyclic amines) is 1. The van der Waals surface area contributed by atoms with Crippen LogP contribution in [0.4, 0.5) is 0 Å². The number of fused-ring (bicyclic) bond motifs is 1. The fourth-order valence-electron chi connectivity index (χ4n) is 3.79. The molecule has 0 aromatic carbocycles. The van der Waals surface area contributed by atoms with E-state index in [0.717, 1.165) is 4.90 Å². The van der Waals surface area contributed by atoms with E-state index < -0.39 is 11.8 Å². The van der Waals surface area contributed by atoms with E-state index in [1.165, 1.54) is 0 Å². The Kier molecular flexibility index (Phi) is 4.80. The smallest absolute Gasteiger partial charge is 0.340 e. The molecule has 2 aliphatic rings. The molecule has 7 heteroatoms. The maximum absolute atomic E-state index is 12.7. The van der Waals surface area contributed by atoms with Crippen LogP contribution in [-0.2, 0) is 14.3 Å². The molecular weight excluding hydrogens is 336 g/mol. The van der Waals surface area contributed by atoms with Gasteiger partial charge in [0.05, 0.1) is 36.2 Å². The molecule has 1 saturated heterocycles. The van der Waals surface area contributed by atoms with Crippen molar-refractivity contribution in [3.8, 4) is 0 Å². The molecule has 1 aliphatic heterocycles. The van der Waals surface area contributed by atoms with E-state index in [9.17, 15) is 19.2 Å². The van der Waals surface area contributed by atoms with E-state index >= 15 is 0 Å². The Balaban J connectivity index is 1.81. The fraction of sp³-hybridized carbons (Fsp3) is 0.474. The second-order valence-corrected chi connectivity index (χ2v) is 6.69. The first-order valence-electron chi connectivity index (χ1n) is 8.76. The van der Waals surface area contributed by atoms with Crippen molar-refractivity contribution < 1.29 is 23.9 Å². The average Bonchev–Trinajstić information content (AvgIpc) is 3.04. The molecule has 0 radical (unpaired) electrons. The van der Waals surface area contributed by atoms with Crippen LogP contribution in [0.2, 0.25) is 0 Å². The number of carbonyl (C=O) groups excluding carboxylic acids is 4. The molecule has 0 unspecified atom stereocenters. The maximum Gasteiger partial charge on any atom is 0.340 e. The molecule has 1 aromatic heterocycles. The van der Waals surface area contributed by atoms with Crippen molar-refractivity contribution in [2.75, 3.05) is 13.2 Å². The minimum absolute atomic E-state index is 0.235. The predicted octanol–water partition coefficient (Wildman–Crippen LogP) is 1.94.